The van der Waals surface area contributed by atoms with Gasteiger partial charge >= 0.3 is 0 Å². The standard InChI is InChI=1S/C13H18BrN/c1-2-3-4-13-12-9-11(14)6-5-10(12)7-8-15-13/h5-6,9,13,15H,2-4,7-8H2,1H3. The van der Waals surface area contributed by atoms with E-state index in [0.29, 0.717) is 6.04 Å². The molecule has 0 fully saturated rings. The topological polar surface area (TPSA) is 12.0 Å². The zero-order chi connectivity index (χ0) is 10.7. The van der Waals surface area contributed by atoms with Crippen molar-refractivity contribution in [2.75, 3.05) is 6.54 Å². The zero-order valence-electron chi connectivity index (χ0n) is 9.22. The molecule has 0 spiro atoms. The highest BCUT2D eigenvalue weighted by molar-refractivity contribution is 9.10. The van der Waals surface area contributed by atoms with Crippen molar-refractivity contribution in [1.29, 1.82) is 0 Å². The summed E-state index contributed by atoms with van der Waals surface area (Å²) in [5.41, 5.74) is 3.03. The van der Waals surface area contributed by atoms with Gasteiger partial charge in [0.2, 0.25) is 0 Å². The fraction of sp³-hybridized carbons (Fsp3) is 0.538. The molecule has 0 saturated heterocycles. The molecule has 1 unspecified atom stereocenters. The average molecular weight is 268 g/mol. The van der Waals surface area contributed by atoms with Crippen LogP contribution in [0.1, 0.15) is 43.4 Å². The molecule has 1 aromatic rings. The first-order valence-electron chi connectivity index (χ1n) is 5.83. The number of benzene rings is 1. The molecule has 15 heavy (non-hydrogen) atoms. The van der Waals surface area contributed by atoms with Crippen molar-refractivity contribution in [3.05, 3.63) is 33.8 Å². The van der Waals surface area contributed by atoms with Crippen LogP contribution in [0.25, 0.3) is 0 Å². The Morgan fingerprint density at radius 3 is 3.13 bits per heavy atom. The van der Waals surface area contributed by atoms with Crippen molar-refractivity contribution < 1.29 is 0 Å². The van der Waals surface area contributed by atoms with Crippen LogP contribution in [0.3, 0.4) is 0 Å². The number of nitrogens with one attached hydrogen (secondary N) is 1. The highest BCUT2D eigenvalue weighted by Gasteiger charge is 2.18. The Kier molecular flexibility index (Phi) is 3.81. The molecule has 1 aliphatic heterocycles. The van der Waals surface area contributed by atoms with E-state index in [1.807, 2.05) is 0 Å². The molecule has 1 aliphatic rings. The first kappa shape index (κ1) is 11.2. The Hall–Kier alpha value is -0.340. The number of rotatable bonds is 3. The summed E-state index contributed by atoms with van der Waals surface area (Å²) in [6, 6.07) is 7.27. The van der Waals surface area contributed by atoms with E-state index in [-0.39, 0.29) is 0 Å². The number of hydrogen-bond donors (Lipinski definition) is 1. The number of unbranched alkanes of at least 4 members (excludes halogenated alkanes) is 1. The number of fused-ring (bicyclic) bond motifs is 1. The van der Waals surface area contributed by atoms with Crippen LogP contribution in [0.2, 0.25) is 0 Å². The molecular weight excluding hydrogens is 250 g/mol. The monoisotopic (exact) mass is 267 g/mol. The first-order valence-corrected chi connectivity index (χ1v) is 6.62. The maximum atomic E-state index is 3.62. The van der Waals surface area contributed by atoms with E-state index < -0.39 is 0 Å². The lowest BCUT2D eigenvalue weighted by atomic mass is 9.91. The van der Waals surface area contributed by atoms with E-state index in [1.165, 1.54) is 41.3 Å². The second kappa shape index (κ2) is 5.13. The largest absolute Gasteiger partial charge is 0.310 e. The maximum absolute atomic E-state index is 3.62. The van der Waals surface area contributed by atoms with Gasteiger partial charge in [-0.1, -0.05) is 41.8 Å². The molecule has 0 aliphatic carbocycles. The lowest BCUT2D eigenvalue weighted by Crippen LogP contribution is -2.29. The van der Waals surface area contributed by atoms with Gasteiger partial charge < -0.3 is 5.32 Å². The molecule has 82 valence electrons. The third-order valence-electron chi connectivity index (χ3n) is 3.11. The fourth-order valence-electron chi connectivity index (χ4n) is 2.27. The molecule has 1 aromatic carbocycles. The van der Waals surface area contributed by atoms with Crippen molar-refractivity contribution in [3.8, 4) is 0 Å². The molecule has 0 bridgehead atoms. The van der Waals surface area contributed by atoms with Crippen molar-refractivity contribution in [2.45, 2.75) is 38.6 Å². The van der Waals surface area contributed by atoms with Gasteiger partial charge in [0.05, 0.1) is 0 Å². The summed E-state index contributed by atoms with van der Waals surface area (Å²) in [4.78, 5) is 0. The summed E-state index contributed by atoms with van der Waals surface area (Å²) >= 11 is 3.56. The summed E-state index contributed by atoms with van der Waals surface area (Å²) in [5, 5.41) is 3.62. The van der Waals surface area contributed by atoms with E-state index >= 15 is 0 Å². The summed E-state index contributed by atoms with van der Waals surface area (Å²) in [7, 11) is 0. The van der Waals surface area contributed by atoms with E-state index in [1.54, 1.807) is 0 Å². The van der Waals surface area contributed by atoms with Crippen LogP contribution in [0.15, 0.2) is 22.7 Å². The SMILES string of the molecule is CCCCC1NCCc2ccc(Br)cc21. The summed E-state index contributed by atoms with van der Waals surface area (Å²) < 4.78 is 1.20. The van der Waals surface area contributed by atoms with Gasteiger partial charge in [-0.05, 0) is 42.6 Å². The predicted molar refractivity (Wildman–Crippen MR) is 68.1 cm³/mol. The van der Waals surface area contributed by atoms with Crippen LogP contribution in [-0.4, -0.2) is 6.54 Å². The Bertz CT molecular complexity index is 335. The van der Waals surface area contributed by atoms with E-state index in [0.717, 1.165) is 6.54 Å². The minimum Gasteiger partial charge on any atom is -0.310 e. The minimum absolute atomic E-state index is 0.575. The first-order chi connectivity index (χ1) is 7.31. The maximum Gasteiger partial charge on any atom is 0.0323 e. The third kappa shape index (κ3) is 2.61. The molecular formula is C13H18BrN. The molecule has 1 nitrogen and oxygen atoms in total. The summed E-state index contributed by atoms with van der Waals surface area (Å²) in [6.07, 6.45) is 5.02. The van der Waals surface area contributed by atoms with Gasteiger partial charge in [-0.15, -0.1) is 0 Å². The van der Waals surface area contributed by atoms with Gasteiger partial charge in [-0.3, -0.25) is 0 Å². The normalized spacial score (nSPS) is 20.0. The summed E-state index contributed by atoms with van der Waals surface area (Å²) in [6.45, 7) is 3.38. The molecule has 1 heterocycles. The Balaban J connectivity index is 2.20. The quantitative estimate of drug-likeness (QED) is 0.878. The molecule has 1 atom stereocenters. The molecule has 2 heteroatoms. The zero-order valence-corrected chi connectivity index (χ0v) is 10.8. The van der Waals surface area contributed by atoms with Crippen molar-refractivity contribution in [3.63, 3.8) is 0 Å². The molecule has 0 aromatic heterocycles. The van der Waals surface area contributed by atoms with Crippen LogP contribution >= 0.6 is 15.9 Å². The highest BCUT2D eigenvalue weighted by atomic mass is 79.9. The molecule has 0 amide bonds. The predicted octanol–water partition coefficient (Wildman–Crippen LogP) is 3.83. The van der Waals surface area contributed by atoms with Crippen molar-refractivity contribution >= 4 is 15.9 Å². The number of halogens is 1. The van der Waals surface area contributed by atoms with Gasteiger partial charge in [0.25, 0.3) is 0 Å². The van der Waals surface area contributed by atoms with Crippen molar-refractivity contribution in [1.82, 2.24) is 5.32 Å². The second-order valence-electron chi connectivity index (χ2n) is 4.24. The molecule has 0 radical (unpaired) electrons. The second-order valence-corrected chi connectivity index (χ2v) is 5.16. The van der Waals surface area contributed by atoms with Gasteiger partial charge in [0, 0.05) is 10.5 Å². The van der Waals surface area contributed by atoms with E-state index in [9.17, 15) is 0 Å². The third-order valence-corrected chi connectivity index (χ3v) is 3.61. The van der Waals surface area contributed by atoms with Gasteiger partial charge in [0.15, 0.2) is 0 Å². The van der Waals surface area contributed by atoms with Crippen LogP contribution in [0.5, 0.6) is 0 Å². The Morgan fingerprint density at radius 2 is 2.33 bits per heavy atom. The molecule has 2 rings (SSSR count). The van der Waals surface area contributed by atoms with Gasteiger partial charge in [0.1, 0.15) is 0 Å². The van der Waals surface area contributed by atoms with E-state index in [4.69, 9.17) is 0 Å². The Labute approximate surface area is 100 Å². The van der Waals surface area contributed by atoms with Crippen LogP contribution < -0.4 is 5.32 Å². The van der Waals surface area contributed by atoms with E-state index in [2.05, 4.69) is 46.4 Å². The smallest absolute Gasteiger partial charge is 0.0323 e. The molecule has 1 N–H and O–H groups in total. The fourth-order valence-corrected chi connectivity index (χ4v) is 2.65. The summed E-state index contributed by atoms with van der Waals surface area (Å²) in [5.74, 6) is 0. The van der Waals surface area contributed by atoms with Crippen LogP contribution in [-0.2, 0) is 6.42 Å². The highest BCUT2D eigenvalue weighted by Crippen LogP contribution is 2.29. The molecule has 0 saturated carbocycles. The van der Waals surface area contributed by atoms with Gasteiger partial charge in [-0.25, -0.2) is 0 Å². The average Bonchev–Trinajstić information content (AvgIpc) is 2.26. The lowest BCUT2D eigenvalue weighted by molar-refractivity contribution is 0.460. The van der Waals surface area contributed by atoms with Crippen LogP contribution in [0, 0.1) is 0 Å². The number of hydrogen-bond acceptors (Lipinski definition) is 1. The Morgan fingerprint density at radius 1 is 1.47 bits per heavy atom. The lowest BCUT2D eigenvalue weighted by Gasteiger charge is -2.27. The minimum atomic E-state index is 0.575. The van der Waals surface area contributed by atoms with Crippen molar-refractivity contribution in [2.24, 2.45) is 0 Å². The van der Waals surface area contributed by atoms with Gasteiger partial charge in [-0.2, -0.15) is 0 Å². The van der Waals surface area contributed by atoms with Crippen LogP contribution in [0.4, 0.5) is 0 Å².